The first-order chi connectivity index (χ1) is 8.02. The van der Waals surface area contributed by atoms with E-state index in [1.165, 1.54) is 0 Å². The maximum Gasteiger partial charge on any atom is 0.279 e. The van der Waals surface area contributed by atoms with Crippen LogP contribution in [0, 0.1) is 5.41 Å². The van der Waals surface area contributed by atoms with Crippen LogP contribution >= 0.6 is 12.4 Å². The fraction of sp³-hybridized carbons (Fsp3) is 1.00. The zero-order valence-electron chi connectivity index (χ0n) is 10.9. The number of nitrogens with one attached hydrogen (secondary N) is 2. The summed E-state index contributed by atoms with van der Waals surface area (Å²) in [4.78, 5) is 0. The molecule has 2 saturated heterocycles. The highest BCUT2D eigenvalue weighted by atomic mass is 35.5. The van der Waals surface area contributed by atoms with Gasteiger partial charge in [-0.15, -0.1) is 12.4 Å². The van der Waals surface area contributed by atoms with E-state index < -0.39 is 10.2 Å². The van der Waals surface area contributed by atoms with Crippen molar-refractivity contribution in [1.82, 2.24) is 14.3 Å². The molecule has 7 heteroatoms. The number of hydrogen-bond acceptors (Lipinski definition) is 3. The van der Waals surface area contributed by atoms with Gasteiger partial charge in [0.1, 0.15) is 0 Å². The third-order valence-electron chi connectivity index (χ3n) is 3.90. The Hall–Kier alpha value is 0.120. The molecule has 2 N–H and O–H groups in total. The van der Waals surface area contributed by atoms with Gasteiger partial charge in [-0.25, -0.2) is 4.72 Å². The van der Waals surface area contributed by atoms with Gasteiger partial charge in [-0.05, 0) is 44.2 Å². The van der Waals surface area contributed by atoms with E-state index in [0.29, 0.717) is 19.6 Å². The van der Waals surface area contributed by atoms with Crippen molar-refractivity contribution >= 4 is 22.6 Å². The summed E-state index contributed by atoms with van der Waals surface area (Å²) in [6, 6.07) is 0. The molecule has 2 aliphatic heterocycles. The molecule has 0 atom stereocenters. The largest absolute Gasteiger partial charge is 0.317 e. The van der Waals surface area contributed by atoms with E-state index in [4.69, 9.17) is 0 Å². The lowest BCUT2D eigenvalue weighted by Gasteiger charge is -2.34. The lowest BCUT2D eigenvalue weighted by Crippen LogP contribution is -2.46. The van der Waals surface area contributed by atoms with Crippen LogP contribution in [0.5, 0.6) is 0 Å². The highest BCUT2D eigenvalue weighted by Gasteiger charge is 2.31. The Morgan fingerprint density at radius 1 is 1.22 bits per heavy atom. The van der Waals surface area contributed by atoms with Gasteiger partial charge in [0.15, 0.2) is 0 Å². The van der Waals surface area contributed by atoms with Crippen LogP contribution in [0.2, 0.25) is 0 Å². The molecule has 0 radical (unpaired) electrons. The molecule has 18 heavy (non-hydrogen) atoms. The number of piperidine rings is 1. The van der Waals surface area contributed by atoms with E-state index in [9.17, 15) is 8.42 Å². The maximum absolute atomic E-state index is 12.0. The third kappa shape index (κ3) is 4.06. The molecule has 0 bridgehead atoms. The molecule has 0 saturated carbocycles. The van der Waals surface area contributed by atoms with Crippen molar-refractivity contribution in [2.24, 2.45) is 5.41 Å². The minimum atomic E-state index is -3.23. The molecule has 0 aliphatic carbocycles. The Bertz CT molecular complexity index is 349. The predicted molar refractivity (Wildman–Crippen MR) is 75.2 cm³/mol. The van der Waals surface area contributed by atoms with Gasteiger partial charge in [0.2, 0.25) is 0 Å². The summed E-state index contributed by atoms with van der Waals surface area (Å²) in [5.41, 5.74) is 0.109. The Kier molecular flexibility index (Phi) is 5.86. The van der Waals surface area contributed by atoms with Gasteiger partial charge in [-0.2, -0.15) is 12.7 Å². The van der Waals surface area contributed by atoms with Crippen LogP contribution < -0.4 is 10.0 Å². The summed E-state index contributed by atoms with van der Waals surface area (Å²) >= 11 is 0. The normalized spacial score (nSPS) is 24.7. The van der Waals surface area contributed by atoms with Crippen LogP contribution in [-0.4, -0.2) is 45.4 Å². The van der Waals surface area contributed by atoms with Crippen LogP contribution in [-0.2, 0) is 10.2 Å². The van der Waals surface area contributed by atoms with E-state index in [1.54, 1.807) is 4.31 Å². The average molecular weight is 298 g/mol. The molecule has 0 spiro atoms. The van der Waals surface area contributed by atoms with Crippen LogP contribution in [0.3, 0.4) is 0 Å². The van der Waals surface area contributed by atoms with Gasteiger partial charge in [0, 0.05) is 19.6 Å². The van der Waals surface area contributed by atoms with Crippen LogP contribution in [0.1, 0.15) is 32.6 Å². The van der Waals surface area contributed by atoms with Gasteiger partial charge in [0.05, 0.1) is 0 Å². The second-order valence-electron chi connectivity index (χ2n) is 5.49. The summed E-state index contributed by atoms with van der Waals surface area (Å²) in [5.74, 6) is 0. The van der Waals surface area contributed by atoms with E-state index in [-0.39, 0.29) is 17.8 Å². The Balaban J connectivity index is 0.00000162. The molecule has 0 unspecified atom stereocenters. The number of halogens is 1. The van der Waals surface area contributed by atoms with Crippen molar-refractivity contribution in [3.63, 3.8) is 0 Å². The zero-order valence-corrected chi connectivity index (χ0v) is 12.6. The molecule has 0 aromatic rings. The monoisotopic (exact) mass is 297 g/mol. The lowest BCUT2D eigenvalue weighted by molar-refractivity contribution is 0.230. The lowest BCUT2D eigenvalue weighted by atomic mass is 9.81. The predicted octanol–water partition coefficient (Wildman–Crippen LogP) is 0.728. The van der Waals surface area contributed by atoms with Crippen molar-refractivity contribution in [3.8, 4) is 0 Å². The van der Waals surface area contributed by atoms with E-state index in [2.05, 4.69) is 17.0 Å². The molecular formula is C11H24ClN3O2S. The summed E-state index contributed by atoms with van der Waals surface area (Å²) in [6.45, 7) is 6.05. The van der Waals surface area contributed by atoms with E-state index >= 15 is 0 Å². The Morgan fingerprint density at radius 3 is 2.33 bits per heavy atom. The first kappa shape index (κ1) is 16.2. The molecular weight excluding hydrogens is 274 g/mol. The molecule has 5 nitrogen and oxygen atoms in total. The first-order valence-corrected chi connectivity index (χ1v) is 7.91. The minimum Gasteiger partial charge on any atom is -0.317 e. The molecule has 2 rings (SSSR count). The van der Waals surface area contributed by atoms with E-state index in [1.807, 2.05) is 0 Å². The SMILES string of the molecule is CC1(CNS(=O)(=O)N2CCCC2)CCNCC1.Cl. The first-order valence-electron chi connectivity index (χ1n) is 6.47. The molecule has 108 valence electrons. The highest BCUT2D eigenvalue weighted by Crippen LogP contribution is 2.27. The standard InChI is InChI=1S/C11H23N3O2S.ClH/c1-11(4-6-12-7-5-11)10-13-17(15,16)14-8-2-3-9-14;/h12-13H,2-10H2,1H3;1H. The third-order valence-corrected chi connectivity index (χ3v) is 5.45. The molecule has 0 amide bonds. The van der Waals surface area contributed by atoms with Gasteiger partial charge in [-0.1, -0.05) is 6.92 Å². The van der Waals surface area contributed by atoms with Crippen LogP contribution in [0.25, 0.3) is 0 Å². The number of rotatable bonds is 4. The average Bonchev–Trinajstić information content (AvgIpc) is 2.82. The number of nitrogens with zero attached hydrogens (tertiary/aromatic N) is 1. The second-order valence-corrected chi connectivity index (χ2v) is 7.25. The minimum absolute atomic E-state index is 0. The topological polar surface area (TPSA) is 61.4 Å². The molecule has 0 aromatic heterocycles. The quantitative estimate of drug-likeness (QED) is 0.804. The highest BCUT2D eigenvalue weighted by molar-refractivity contribution is 7.87. The Labute approximate surface area is 116 Å². The Morgan fingerprint density at radius 2 is 1.78 bits per heavy atom. The van der Waals surface area contributed by atoms with Crippen molar-refractivity contribution in [2.75, 3.05) is 32.7 Å². The molecule has 2 fully saturated rings. The molecule has 2 aliphatic rings. The fourth-order valence-electron chi connectivity index (χ4n) is 2.49. The van der Waals surface area contributed by atoms with Crippen molar-refractivity contribution < 1.29 is 8.42 Å². The van der Waals surface area contributed by atoms with Gasteiger partial charge in [0.25, 0.3) is 10.2 Å². The van der Waals surface area contributed by atoms with Gasteiger partial charge < -0.3 is 5.32 Å². The molecule has 0 aromatic carbocycles. The fourth-order valence-corrected chi connectivity index (χ4v) is 3.94. The maximum atomic E-state index is 12.0. The van der Waals surface area contributed by atoms with Crippen molar-refractivity contribution in [1.29, 1.82) is 0 Å². The van der Waals surface area contributed by atoms with Gasteiger partial charge >= 0.3 is 0 Å². The number of hydrogen-bond donors (Lipinski definition) is 2. The van der Waals surface area contributed by atoms with E-state index in [0.717, 1.165) is 38.8 Å². The smallest absolute Gasteiger partial charge is 0.279 e. The summed E-state index contributed by atoms with van der Waals surface area (Å²) in [6.07, 6.45) is 4.05. The van der Waals surface area contributed by atoms with Crippen molar-refractivity contribution in [3.05, 3.63) is 0 Å². The van der Waals surface area contributed by atoms with Crippen molar-refractivity contribution in [2.45, 2.75) is 32.6 Å². The molecule has 2 heterocycles. The summed E-state index contributed by atoms with van der Waals surface area (Å²) in [7, 11) is -3.23. The summed E-state index contributed by atoms with van der Waals surface area (Å²) in [5, 5.41) is 3.30. The zero-order chi connectivity index (χ0) is 12.4. The van der Waals surface area contributed by atoms with Crippen LogP contribution in [0.4, 0.5) is 0 Å². The van der Waals surface area contributed by atoms with Crippen LogP contribution in [0.15, 0.2) is 0 Å². The summed E-state index contributed by atoms with van der Waals surface area (Å²) < 4.78 is 28.4. The second kappa shape index (κ2) is 6.52. The van der Waals surface area contributed by atoms with Gasteiger partial charge in [-0.3, -0.25) is 0 Å².